The molecule has 0 aliphatic carbocycles. The van der Waals surface area contributed by atoms with Gasteiger partial charge in [-0.2, -0.15) is 5.10 Å². The molecule has 124 valence electrons. The Kier molecular flexibility index (Phi) is 4.77. The third kappa shape index (κ3) is 3.09. The van der Waals surface area contributed by atoms with Gasteiger partial charge in [-0.3, -0.25) is 4.79 Å². The van der Waals surface area contributed by atoms with Crippen molar-refractivity contribution in [2.45, 2.75) is 19.4 Å². The van der Waals surface area contributed by atoms with Gasteiger partial charge in [0.1, 0.15) is 11.8 Å². The number of carbonyl (C=O) groups excluding carboxylic acids is 1. The first-order chi connectivity index (χ1) is 11.7. The number of benzene rings is 1. The Morgan fingerprint density at radius 2 is 2.08 bits per heavy atom. The van der Waals surface area contributed by atoms with Crippen LogP contribution >= 0.6 is 0 Å². The van der Waals surface area contributed by atoms with E-state index in [1.54, 1.807) is 23.0 Å². The molecule has 0 bridgehead atoms. The molecule has 0 spiro atoms. The van der Waals surface area contributed by atoms with Gasteiger partial charge in [0.2, 0.25) is 0 Å². The van der Waals surface area contributed by atoms with Crippen LogP contribution in [0.15, 0.2) is 59.3 Å². The highest BCUT2D eigenvalue weighted by Crippen LogP contribution is 2.18. The van der Waals surface area contributed by atoms with E-state index in [0.29, 0.717) is 17.7 Å². The summed E-state index contributed by atoms with van der Waals surface area (Å²) in [5.41, 5.74) is 2.21. The van der Waals surface area contributed by atoms with Gasteiger partial charge < -0.3 is 14.8 Å². The quantitative estimate of drug-likeness (QED) is 0.730. The second kappa shape index (κ2) is 7.14. The molecule has 6 heteroatoms. The maximum Gasteiger partial charge on any atom is 0.255 e. The van der Waals surface area contributed by atoms with Gasteiger partial charge in [-0.1, -0.05) is 25.1 Å². The first-order valence-electron chi connectivity index (χ1n) is 7.82. The first-order valence-corrected chi connectivity index (χ1v) is 7.82. The van der Waals surface area contributed by atoms with Crippen molar-refractivity contribution in [3.8, 4) is 5.69 Å². The Hall–Kier alpha value is -2.86. The molecule has 2 heterocycles. The Bertz CT molecular complexity index is 794. The van der Waals surface area contributed by atoms with E-state index in [-0.39, 0.29) is 12.5 Å². The maximum atomic E-state index is 12.6. The van der Waals surface area contributed by atoms with Crippen LogP contribution in [0, 0.1) is 0 Å². The Balaban J connectivity index is 1.87. The molecule has 0 aliphatic rings. The predicted molar refractivity (Wildman–Crippen MR) is 88.9 cm³/mol. The summed E-state index contributed by atoms with van der Waals surface area (Å²) in [6.07, 6.45) is 3.72. The van der Waals surface area contributed by atoms with Gasteiger partial charge in [0.05, 0.1) is 36.0 Å². The molecule has 2 aromatic heterocycles. The number of nitrogens with one attached hydrogen (secondary N) is 1. The molecule has 0 radical (unpaired) electrons. The highest BCUT2D eigenvalue weighted by molar-refractivity contribution is 5.95. The maximum absolute atomic E-state index is 12.6. The molecule has 1 aromatic carbocycles. The zero-order valence-corrected chi connectivity index (χ0v) is 13.3. The van der Waals surface area contributed by atoms with Crippen molar-refractivity contribution in [3.05, 3.63) is 71.9 Å². The molecule has 1 atom stereocenters. The summed E-state index contributed by atoms with van der Waals surface area (Å²) in [4.78, 5) is 12.6. The molecule has 0 fully saturated rings. The molecule has 2 N–H and O–H groups in total. The normalized spacial score (nSPS) is 12.1. The summed E-state index contributed by atoms with van der Waals surface area (Å²) in [6.45, 7) is 1.73. The molecular formula is C18H19N3O3. The summed E-state index contributed by atoms with van der Waals surface area (Å²) in [7, 11) is 0. The van der Waals surface area contributed by atoms with Gasteiger partial charge in [-0.25, -0.2) is 4.68 Å². The zero-order valence-electron chi connectivity index (χ0n) is 13.3. The fourth-order valence-corrected chi connectivity index (χ4v) is 2.63. The number of furan rings is 1. The van der Waals surface area contributed by atoms with E-state index in [2.05, 4.69) is 10.4 Å². The standard InChI is InChI=1S/C18H19N3O3/c1-2-16-14(11-19-21(16)13-7-4-3-5-8-13)18(23)20-15(12-22)17-9-6-10-24-17/h3-11,15,22H,2,12H2,1H3,(H,20,23). The van der Waals surface area contributed by atoms with E-state index in [9.17, 15) is 9.90 Å². The smallest absolute Gasteiger partial charge is 0.255 e. The van der Waals surface area contributed by atoms with E-state index in [1.807, 2.05) is 37.3 Å². The van der Waals surface area contributed by atoms with Crippen LogP contribution in [0.3, 0.4) is 0 Å². The lowest BCUT2D eigenvalue weighted by molar-refractivity contribution is 0.0906. The largest absolute Gasteiger partial charge is 0.467 e. The number of aliphatic hydroxyl groups excluding tert-OH is 1. The van der Waals surface area contributed by atoms with Crippen molar-refractivity contribution < 1.29 is 14.3 Å². The van der Waals surface area contributed by atoms with Crippen LogP contribution in [-0.4, -0.2) is 27.4 Å². The Labute approximate surface area is 139 Å². The van der Waals surface area contributed by atoms with Gasteiger partial charge >= 0.3 is 0 Å². The van der Waals surface area contributed by atoms with Crippen LogP contribution in [0.4, 0.5) is 0 Å². The molecule has 0 saturated carbocycles. The highest BCUT2D eigenvalue weighted by atomic mass is 16.3. The van der Waals surface area contributed by atoms with Crippen molar-refractivity contribution in [3.63, 3.8) is 0 Å². The van der Waals surface area contributed by atoms with Crippen LogP contribution in [-0.2, 0) is 6.42 Å². The van der Waals surface area contributed by atoms with E-state index in [0.717, 1.165) is 11.4 Å². The van der Waals surface area contributed by atoms with Crippen molar-refractivity contribution in [2.24, 2.45) is 0 Å². The van der Waals surface area contributed by atoms with E-state index < -0.39 is 6.04 Å². The summed E-state index contributed by atoms with van der Waals surface area (Å²) >= 11 is 0. The van der Waals surface area contributed by atoms with E-state index in [4.69, 9.17) is 4.42 Å². The Morgan fingerprint density at radius 1 is 1.29 bits per heavy atom. The number of aliphatic hydroxyl groups is 1. The van der Waals surface area contributed by atoms with Crippen LogP contribution in [0.2, 0.25) is 0 Å². The molecular weight excluding hydrogens is 306 g/mol. The number of hydrogen-bond donors (Lipinski definition) is 2. The minimum atomic E-state index is -0.586. The Morgan fingerprint density at radius 3 is 2.71 bits per heavy atom. The lowest BCUT2D eigenvalue weighted by atomic mass is 10.1. The number of amides is 1. The third-order valence-corrected chi connectivity index (χ3v) is 3.82. The van der Waals surface area contributed by atoms with Crippen LogP contribution < -0.4 is 5.32 Å². The molecule has 3 aromatic rings. The minimum absolute atomic E-state index is 0.243. The summed E-state index contributed by atoms with van der Waals surface area (Å²) in [5, 5.41) is 16.6. The van der Waals surface area contributed by atoms with Crippen molar-refractivity contribution >= 4 is 5.91 Å². The topological polar surface area (TPSA) is 80.3 Å². The molecule has 3 rings (SSSR count). The number of rotatable bonds is 6. The van der Waals surface area contributed by atoms with Crippen molar-refractivity contribution in [1.82, 2.24) is 15.1 Å². The predicted octanol–water partition coefficient (Wildman–Crippen LogP) is 2.49. The minimum Gasteiger partial charge on any atom is -0.467 e. The van der Waals surface area contributed by atoms with Crippen molar-refractivity contribution in [2.75, 3.05) is 6.61 Å². The zero-order chi connectivity index (χ0) is 16.9. The second-order valence-corrected chi connectivity index (χ2v) is 5.33. The number of nitrogens with zero attached hydrogens (tertiary/aromatic N) is 2. The monoisotopic (exact) mass is 325 g/mol. The van der Waals surface area contributed by atoms with Crippen LogP contribution in [0.1, 0.15) is 34.8 Å². The van der Waals surface area contributed by atoms with Crippen LogP contribution in [0.25, 0.3) is 5.69 Å². The van der Waals surface area contributed by atoms with E-state index in [1.165, 1.54) is 6.26 Å². The van der Waals surface area contributed by atoms with Crippen molar-refractivity contribution in [1.29, 1.82) is 0 Å². The lowest BCUT2D eigenvalue weighted by Gasteiger charge is -2.14. The van der Waals surface area contributed by atoms with Gasteiger partial charge in [0.15, 0.2) is 0 Å². The molecule has 1 unspecified atom stereocenters. The van der Waals surface area contributed by atoms with Gasteiger partial charge in [-0.05, 0) is 30.7 Å². The lowest BCUT2D eigenvalue weighted by Crippen LogP contribution is -2.31. The number of hydrogen-bond acceptors (Lipinski definition) is 4. The average Bonchev–Trinajstić information content (AvgIpc) is 3.29. The SMILES string of the molecule is CCc1c(C(=O)NC(CO)c2ccco2)cnn1-c1ccccc1. The fraction of sp³-hybridized carbons (Fsp3) is 0.222. The van der Waals surface area contributed by atoms with Gasteiger partial charge in [0.25, 0.3) is 5.91 Å². The molecule has 1 amide bonds. The number of aromatic nitrogens is 2. The van der Waals surface area contributed by atoms with Gasteiger partial charge in [0, 0.05) is 0 Å². The van der Waals surface area contributed by atoms with Gasteiger partial charge in [-0.15, -0.1) is 0 Å². The number of para-hydroxylation sites is 1. The fourth-order valence-electron chi connectivity index (χ4n) is 2.63. The molecule has 24 heavy (non-hydrogen) atoms. The molecule has 0 aliphatic heterocycles. The third-order valence-electron chi connectivity index (χ3n) is 3.82. The molecule has 6 nitrogen and oxygen atoms in total. The molecule has 0 saturated heterocycles. The number of carbonyl (C=O) groups is 1. The second-order valence-electron chi connectivity index (χ2n) is 5.33. The van der Waals surface area contributed by atoms with E-state index >= 15 is 0 Å². The summed E-state index contributed by atoms with van der Waals surface area (Å²) < 4.78 is 7.02. The average molecular weight is 325 g/mol. The summed E-state index contributed by atoms with van der Waals surface area (Å²) in [6, 6.07) is 12.5. The highest BCUT2D eigenvalue weighted by Gasteiger charge is 2.21. The first kappa shape index (κ1) is 16.0. The van der Waals surface area contributed by atoms with Crippen LogP contribution in [0.5, 0.6) is 0 Å². The summed E-state index contributed by atoms with van der Waals surface area (Å²) in [5.74, 6) is 0.226.